The zero-order chi connectivity index (χ0) is 84.7. The molecule has 7 aromatic heterocycles. The van der Waals surface area contributed by atoms with E-state index in [1.165, 1.54) is 125 Å². The topological polar surface area (TPSA) is 189 Å². The number of nitrogens with zero attached hydrogens (tertiary/aromatic N) is 6. The van der Waals surface area contributed by atoms with Crippen molar-refractivity contribution in [1.82, 2.24) is 29.9 Å². The summed E-state index contributed by atoms with van der Waals surface area (Å²) in [6.07, 6.45) is 10.8. The zero-order valence-electron chi connectivity index (χ0n) is 69.6. The SMILES string of the molecule is CC(=O)C=C(C)O.CC(=O)C=C(C)O.CC(=O)C=C(C)O.CC(C)(C)c1c[c-]c(-c2nc3ccccc3c3sccc23)cc1.Cc1cc(C)cc(-c2nc(-c3c(C)cccc3C)cnc2-c2[c-]cccc2)c1.Fc1ccc(-c2ccc(-c3[c-]cccc3)nc2)cc1.[Ir].[Ir].[Ir].[Ir].[c-]1ccccc1-c1ccccn1.[c-]1ccccc1-c1nccc2sccc12. The molecular weight excluding hydrogens is 2270 g/mol. The van der Waals surface area contributed by atoms with Crippen LogP contribution in [0.15, 0.2) is 320 Å². The van der Waals surface area contributed by atoms with Gasteiger partial charge in [-0.2, -0.15) is 0 Å². The fourth-order valence-corrected chi connectivity index (χ4v) is 13.9. The number of carbonyl (C=O) groups excluding carboxylic acids is 3. The Balaban J connectivity index is 0.000000258. The number of allylic oxidation sites excluding steroid dienone is 6. The van der Waals surface area contributed by atoms with Gasteiger partial charge in [-0.3, -0.25) is 24.4 Å². The molecule has 9 aromatic carbocycles. The Hall–Kier alpha value is -11.0. The number of rotatable bonds is 11. The molecule has 0 spiro atoms. The van der Waals surface area contributed by atoms with Gasteiger partial charge >= 0.3 is 0 Å². The first-order valence-electron chi connectivity index (χ1n) is 38.0. The van der Waals surface area contributed by atoms with E-state index in [4.69, 9.17) is 30.3 Å². The summed E-state index contributed by atoms with van der Waals surface area (Å²) in [6.45, 7) is 23.7. The third kappa shape index (κ3) is 31.5. The number of aliphatic hydroxyl groups excluding tert-OH is 3. The van der Waals surface area contributed by atoms with E-state index in [1.807, 2.05) is 152 Å². The van der Waals surface area contributed by atoms with E-state index >= 15 is 0 Å². The third-order valence-corrected chi connectivity index (χ3v) is 19.2. The molecule has 19 heteroatoms. The number of pyridine rings is 4. The largest absolute Gasteiger partial charge is 0.512 e. The molecule has 0 aliphatic rings. The standard InChI is InChI=1S/C26H23N2.C21H18NS.C17H11FN.C13H8NS.C11H8N.3C5H8O2.4Ir/c1-17-13-18(2)15-22(14-17)26-25(21-11-6-5-7-12-21)27-16-23(28-26)24-19(3)9-8-10-20(24)4;1-21(2,3)15-10-8-14(9-11-15)19-17-12-13-23-20(17)16-6-4-5-7-18(16)22-19;18-16-9-6-13(7-10-16)15-8-11-17(19-12-15)14-4-2-1-3-5-14;1-2-4-10(5-3-1)13-11-7-9-15-12(11)6-8-14-13;1-2-6-10(7-3-1)11-8-4-5-9-12-11;3*1-4(6)3-5(2)7;;;;/h5-11,13-16H,1-4H3;4-8,10-13H,1-3H3;1-4,6-12H;1-4,6-9H;1-6,8-9H;3*3,6H,1-2H3;;;;/q5*-1;;;;;;;. The van der Waals surface area contributed by atoms with Crippen molar-refractivity contribution in [2.75, 3.05) is 0 Å². The van der Waals surface area contributed by atoms with E-state index in [9.17, 15) is 18.8 Å². The van der Waals surface area contributed by atoms with E-state index in [1.54, 1.807) is 47.2 Å². The molecule has 0 bridgehead atoms. The monoisotopic (exact) mass is 2360 g/mol. The van der Waals surface area contributed by atoms with E-state index in [0.717, 1.165) is 95.4 Å². The number of ketones is 3. The summed E-state index contributed by atoms with van der Waals surface area (Å²) >= 11 is 3.52. The molecule has 0 saturated carbocycles. The van der Waals surface area contributed by atoms with E-state index in [0.29, 0.717) is 0 Å². The molecule has 16 rings (SSSR count). The molecule has 7 heterocycles. The van der Waals surface area contributed by atoms with Crippen molar-refractivity contribution < 1.29 is 115 Å². The molecule has 0 aliphatic heterocycles. The van der Waals surface area contributed by atoms with Crippen molar-refractivity contribution >= 4 is 71.1 Å². The van der Waals surface area contributed by atoms with Gasteiger partial charge in [0.15, 0.2) is 17.3 Å². The minimum Gasteiger partial charge on any atom is -0.512 e. The van der Waals surface area contributed by atoms with Crippen molar-refractivity contribution in [2.45, 2.75) is 95.4 Å². The molecule has 12 nitrogen and oxygen atoms in total. The van der Waals surface area contributed by atoms with Crippen LogP contribution >= 0.6 is 22.7 Å². The van der Waals surface area contributed by atoms with Crippen LogP contribution in [0.3, 0.4) is 0 Å². The number of benzene rings is 9. The number of aromatic nitrogens is 6. The van der Waals surface area contributed by atoms with Crippen molar-refractivity contribution in [3.05, 3.63) is 384 Å². The second-order valence-electron chi connectivity index (χ2n) is 28.4. The van der Waals surface area contributed by atoms with Gasteiger partial charge in [0.05, 0.1) is 34.2 Å². The number of fused-ring (bicyclic) bond motifs is 4. The fourth-order valence-electron chi connectivity index (χ4n) is 12.2. The second kappa shape index (κ2) is 51.0. The Morgan fingerprint density at radius 1 is 0.393 bits per heavy atom. The smallest absolute Gasteiger partial charge is 0.155 e. The fraction of sp³-hybridized carbons (Fsp3) is 0.136. The maximum Gasteiger partial charge on any atom is 0.155 e. The molecule has 122 heavy (non-hydrogen) atoms. The predicted octanol–water partition coefficient (Wildman–Crippen LogP) is 26.5. The van der Waals surface area contributed by atoms with Gasteiger partial charge in [-0.25, -0.2) is 4.39 Å². The van der Waals surface area contributed by atoms with Gasteiger partial charge in [0.1, 0.15) is 5.82 Å². The summed E-state index contributed by atoms with van der Waals surface area (Å²) in [4.78, 5) is 58.0. The molecule has 0 amide bonds. The first kappa shape index (κ1) is 102. The second-order valence-corrected chi connectivity index (χ2v) is 30.3. The van der Waals surface area contributed by atoms with Crippen LogP contribution in [0.2, 0.25) is 0 Å². The summed E-state index contributed by atoms with van der Waals surface area (Å²) < 4.78 is 15.4. The number of halogens is 1. The van der Waals surface area contributed by atoms with Crippen molar-refractivity contribution in [3.8, 4) is 89.9 Å². The summed E-state index contributed by atoms with van der Waals surface area (Å²) in [5, 5.41) is 33.0. The van der Waals surface area contributed by atoms with E-state index < -0.39 is 0 Å². The number of hydrogen-bond donors (Lipinski definition) is 3. The van der Waals surface area contributed by atoms with Gasteiger partial charge in [-0.05, 0) is 177 Å². The van der Waals surface area contributed by atoms with Crippen LogP contribution in [0, 0.1) is 63.8 Å². The van der Waals surface area contributed by atoms with Crippen LogP contribution in [-0.2, 0) is 100 Å². The molecule has 0 fully saturated rings. The van der Waals surface area contributed by atoms with Gasteiger partial charge < -0.3 is 35.3 Å². The molecule has 0 atom stereocenters. The van der Waals surface area contributed by atoms with E-state index in [2.05, 4.69) is 189 Å². The quantitative estimate of drug-likeness (QED) is 0.0632. The molecule has 630 valence electrons. The molecule has 0 saturated heterocycles. The normalized spacial score (nSPS) is 10.6. The molecule has 16 aromatic rings. The average Bonchev–Trinajstić information content (AvgIpc) is 1.44. The summed E-state index contributed by atoms with van der Waals surface area (Å²) in [7, 11) is 0. The van der Waals surface area contributed by atoms with Crippen LogP contribution in [0.4, 0.5) is 4.39 Å². The molecule has 0 aliphatic carbocycles. The van der Waals surface area contributed by atoms with Gasteiger partial charge in [0.2, 0.25) is 0 Å². The van der Waals surface area contributed by atoms with Crippen LogP contribution < -0.4 is 0 Å². The van der Waals surface area contributed by atoms with Crippen LogP contribution in [-0.4, -0.2) is 62.6 Å². The van der Waals surface area contributed by atoms with Crippen molar-refractivity contribution in [2.24, 2.45) is 0 Å². The van der Waals surface area contributed by atoms with Gasteiger partial charge in [0, 0.05) is 149 Å². The Bertz CT molecular complexity index is 5920. The first-order valence-corrected chi connectivity index (χ1v) is 39.7. The number of aryl methyl sites for hydroxylation is 4. The minimum absolute atomic E-state index is 0. The van der Waals surface area contributed by atoms with Crippen molar-refractivity contribution in [3.63, 3.8) is 0 Å². The zero-order valence-corrected chi connectivity index (χ0v) is 80.9. The van der Waals surface area contributed by atoms with E-state index in [-0.39, 0.29) is 126 Å². The van der Waals surface area contributed by atoms with Gasteiger partial charge in [-0.1, -0.05) is 135 Å². The molecular formula is C103H92FIr4N6O6S2-5. The average molecular weight is 2360 g/mol. The summed E-state index contributed by atoms with van der Waals surface area (Å²) in [5.74, 6) is -0.417. The van der Waals surface area contributed by atoms with Crippen LogP contribution in [0.1, 0.15) is 90.1 Å². The number of thiophene rings is 2. The van der Waals surface area contributed by atoms with Gasteiger partial charge in [0.25, 0.3) is 0 Å². The number of carbonyl (C=O) groups is 3. The summed E-state index contributed by atoms with van der Waals surface area (Å²) in [5.41, 5.74) is 23.2. The molecule has 0 unspecified atom stereocenters. The minimum atomic E-state index is -0.229. The maximum absolute atomic E-state index is 12.9. The van der Waals surface area contributed by atoms with Crippen LogP contribution in [0.25, 0.3) is 121 Å². The maximum atomic E-state index is 12.9. The number of para-hydroxylation sites is 1. The first-order chi connectivity index (χ1) is 56.7. The number of hydrogen-bond acceptors (Lipinski definition) is 14. The summed E-state index contributed by atoms with van der Waals surface area (Å²) in [6, 6.07) is 97.9. The van der Waals surface area contributed by atoms with Crippen LogP contribution in [0.5, 0.6) is 0 Å². The predicted molar refractivity (Wildman–Crippen MR) is 484 cm³/mol. The number of aliphatic hydroxyl groups is 3. The van der Waals surface area contributed by atoms with Gasteiger partial charge in [-0.15, -0.1) is 202 Å². The Morgan fingerprint density at radius 3 is 1.38 bits per heavy atom. The molecule has 3 N–H and O–H groups in total. The van der Waals surface area contributed by atoms with Crippen molar-refractivity contribution in [1.29, 1.82) is 0 Å². The Labute approximate surface area is 777 Å². The Kier molecular flexibility index (Phi) is 42.5. The third-order valence-electron chi connectivity index (χ3n) is 17.4. The Morgan fingerprint density at radius 2 is 0.893 bits per heavy atom. The molecule has 4 radical (unpaired) electrons.